The van der Waals surface area contributed by atoms with Crippen molar-refractivity contribution in [2.45, 2.75) is 39.3 Å². The number of rotatable bonds is 6. The summed E-state index contributed by atoms with van der Waals surface area (Å²) in [6.45, 7) is 6.48. The van der Waals surface area contributed by atoms with E-state index in [1.54, 1.807) is 12.1 Å². The summed E-state index contributed by atoms with van der Waals surface area (Å²) in [7, 11) is 0. The van der Waals surface area contributed by atoms with Gasteiger partial charge in [-0.15, -0.1) is 0 Å². The third-order valence-electron chi connectivity index (χ3n) is 4.10. The second kappa shape index (κ2) is 9.00. The van der Waals surface area contributed by atoms with E-state index in [0.717, 1.165) is 25.1 Å². The largest absolute Gasteiger partial charge is 0.357 e. The Labute approximate surface area is 147 Å². The van der Waals surface area contributed by atoms with Gasteiger partial charge in [-0.3, -0.25) is 14.9 Å². The quantitative estimate of drug-likeness (QED) is 0.353. The molecule has 0 spiro atoms. The fourth-order valence-corrected chi connectivity index (χ4v) is 2.74. The molecule has 2 rings (SSSR count). The predicted molar refractivity (Wildman–Crippen MR) is 96.3 cm³/mol. The van der Waals surface area contributed by atoms with Crippen LogP contribution in [0.1, 0.15) is 32.3 Å². The number of benzene rings is 1. The van der Waals surface area contributed by atoms with E-state index in [0.29, 0.717) is 25.5 Å². The number of carbonyl (C=O) groups is 1. The van der Waals surface area contributed by atoms with Gasteiger partial charge in [0, 0.05) is 44.2 Å². The van der Waals surface area contributed by atoms with Crippen LogP contribution < -0.4 is 10.6 Å². The van der Waals surface area contributed by atoms with Crippen molar-refractivity contribution in [1.29, 1.82) is 0 Å². The number of carbonyl (C=O) groups excluding carboxylic acids is 1. The lowest BCUT2D eigenvalue weighted by molar-refractivity contribution is -0.384. The minimum Gasteiger partial charge on any atom is -0.357 e. The summed E-state index contributed by atoms with van der Waals surface area (Å²) in [5.41, 5.74) is 0.974. The maximum Gasteiger partial charge on any atom is 0.269 e. The molecule has 1 amide bonds. The van der Waals surface area contributed by atoms with Crippen LogP contribution in [-0.4, -0.2) is 47.4 Å². The molecule has 1 aliphatic heterocycles. The van der Waals surface area contributed by atoms with Gasteiger partial charge in [0.15, 0.2) is 5.96 Å². The first-order valence-corrected chi connectivity index (χ1v) is 8.59. The van der Waals surface area contributed by atoms with Gasteiger partial charge < -0.3 is 15.5 Å². The number of nitro groups is 1. The monoisotopic (exact) mass is 347 g/mol. The van der Waals surface area contributed by atoms with Crippen molar-refractivity contribution in [3.8, 4) is 0 Å². The summed E-state index contributed by atoms with van der Waals surface area (Å²) < 4.78 is 0. The molecule has 2 N–H and O–H groups in total. The van der Waals surface area contributed by atoms with Crippen molar-refractivity contribution in [3.63, 3.8) is 0 Å². The zero-order valence-electron chi connectivity index (χ0n) is 14.7. The zero-order chi connectivity index (χ0) is 18.2. The number of guanidine groups is 1. The first-order chi connectivity index (χ1) is 12.0. The Morgan fingerprint density at radius 1 is 1.36 bits per heavy atom. The van der Waals surface area contributed by atoms with Crippen molar-refractivity contribution in [3.05, 3.63) is 39.9 Å². The van der Waals surface area contributed by atoms with Crippen LogP contribution in [0.5, 0.6) is 0 Å². The Morgan fingerprint density at radius 3 is 2.68 bits per heavy atom. The van der Waals surface area contributed by atoms with E-state index in [9.17, 15) is 14.9 Å². The number of nitrogens with zero attached hydrogens (tertiary/aromatic N) is 3. The average Bonchev–Trinajstić information content (AvgIpc) is 3.08. The highest BCUT2D eigenvalue weighted by atomic mass is 16.6. The molecule has 1 unspecified atom stereocenters. The fourth-order valence-electron chi connectivity index (χ4n) is 2.74. The summed E-state index contributed by atoms with van der Waals surface area (Å²) >= 11 is 0. The number of nitrogens with one attached hydrogen (secondary N) is 2. The summed E-state index contributed by atoms with van der Waals surface area (Å²) in [5, 5.41) is 17.2. The smallest absolute Gasteiger partial charge is 0.269 e. The highest BCUT2D eigenvalue weighted by Gasteiger charge is 2.25. The van der Waals surface area contributed by atoms with Gasteiger partial charge in [-0.1, -0.05) is 19.1 Å². The van der Waals surface area contributed by atoms with Crippen molar-refractivity contribution in [1.82, 2.24) is 15.5 Å². The molecule has 0 aliphatic carbocycles. The highest BCUT2D eigenvalue weighted by Crippen LogP contribution is 2.13. The molecule has 1 saturated heterocycles. The maximum atomic E-state index is 11.8. The average molecular weight is 347 g/mol. The first-order valence-electron chi connectivity index (χ1n) is 8.59. The number of hydrogen-bond donors (Lipinski definition) is 2. The van der Waals surface area contributed by atoms with Crippen molar-refractivity contribution in [2.75, 3.05) is 19.6 Å². The van der Waals surface area contributed by atoms with Crippen molar-refractivity contribution < 1.29 is 9.72 Å². The number of aliphatic imine (C=N–C) groups is 1. The molecule has 0 radical (unpaired) electrons. The molecular weight excluding hydrogens is 322 g/mol. The normalized spacial score (nSPS) is 17.4. The molecule has 0 aromatic heterocycles. The van der Waals surface area contributed by atoms with Gasteiger partial charge in [0.2, 0.25) is 5.91 Å². The van der Waals surface area contributed by atoms with Gasteiger partial charge in [0.25, 0.3) is 5.69 Å². The molecule has 25 heavy (non-hydrogen) atoms. The van der Waals surface area contributed by atoms with Crippen LogP contribution in [0.2, 0.25) is 0 Å². The molecule has 1 fully saturated rings. The third kappa shape index (κ3) is 5.44. The van der Waals surface area contributed by atoms with E-state index in [-0.39, 0.29) is 17.6 Å². The van der Waals surface area contributed by atoms with Crippen LogP contribution in [0.4, 0.5) is 5.69 Å². The number of hydrogen-bond acceptors (Lipinski definition) is 4. The number of non-ortho nitro benzene ring substituents is 1. The summed E-state index contributed by atoms with van der Waals surface area (Å²) in [5.74, 6) is 0.869. The Kier molecular flexibility index (Phi) is 6.73. The summed E-state index contributed by atoms with van der Waals surface area (Å²) in [6.07, 6.45) is 1.43. The number of likely N-dealkylation sites (tertiary alicyclic amines) is 1. The lowest BCUT2D eigenvalue weighted by atomic mass is 10.2. The van der Waals surface area contributed by atoms with Crippen LogP contribution in [0, 0.1) is 10.1 Å². The minimum absolute atomic E-state index is 0.0735. The van der Waals surface area contributed by atoms with Gasteiger partial charge in [-0.2, -0.15) is 0 Å². The molecule has 8 heteroatoms. The van der Waals surface area contributed by atoms with Gasteiger partial charge in [-0.25, -0.2) is 4.99 Å². The lowest BCUT2D eigenvalue weighted by Gasteiger charge is -2.18. The zero-order valence-corrected chi connectivity index (χ0v) is 14.7. The van der Waals surface area contributed by atoms with Crippen LogP contribution >= 0.6 is 0 Å². The van der Waals surface area contributed by atoms with E-state index >= 15 is 0 Å². The van der Waals surface area contributed by atoms with E-state index < -0.39 is 4.92 Å². The first kappa shape index (κ1) is 18.7. The Hall–Kier alpha value is -2.64. The van der Waals surface area contributed by atoms with Crippen LogP contribution in [0.25, 0.3) is 0 Å². The summed E-state index contributed by atoms with van der Waals surface area (Å²) in [4.78, 5) is 28.4. The Bertz CT molecular complexity index is 630. The van der Waals surface area contributed by atoms with E-state index in [2.05, 4.69) is 15.6 Å². The van der Waals surface area contributed by atoms with Gasteiger partial charge in [0.1, 0.15) is 0 Å². The molecule has 136 valence electrons. The number of amides is 1. The Morgan fingerprint density at radius 2 is 2.08 bits per heavy atom. The van der Waals surface area contributed by atoms with Crippen LogP contribution in [-0.2, 0) is 11.3 Å². The van der Waals surface area contributed by atoms with Crippen molar-refractivity contribution >= 4 is 17.6 Å². The van der Waals surface area contributed by atoms with Gasteiger partial charge in [-0.05, 0) is 18.9 Å². The van der Waals surface area contributed by atoms with Gasteiger partial charge in [0.05, 0.1) is 11.5 Å². The molecule has 1 atom stereocenters. The molecule has 1 aliphatic rings. The SMILES string of the molecule is CCNC(=NCc1ccc([N+](=O)[O-])cc1)NC1CCN(C(=O)CC)C1. The maximum absolute atomic E-state index is 11.8. The second-order valence-electron chi connectivity index (χ2n) is 5.94. The minimum atomic E-state index is -0.415. The fraction of sp³-hybridized carbons (Fsp3) is 0.529. The van der Waals surface area contributed by atoms with E-state index in [4.69, 9.17) is 0 Å². The topological polar surface area (TPSA) is 99.9 Å². The Balaban J connectivity index is 1.94. The van der Waals surface area contributed by atoms with E-state index in [1.165, 1.54) is 12.1 Å². The standard InChI is InChI=1S/C17H25N5O3/c1-3-16(23)21-10-9-14(12-21)20-17(18-4-2)19-11-13-5-7-15(8-6-13)22(24)25/h5-8,14H,3-4,9-12H2,1-2H3,(H2,18,19,20). The molecule has 8 nitrogen and oxygen atoms in total. The number of nitro benzene ring substituents is 1. The van der Waals surface area contributed by atoms with Crippen molar-refractivity contribution in [2.24, 2.45) is 4.99 Å². The second-order valence-corrected chi connectivity index (χ2v) is 5.94. The molecule has 1 heterocycles. The molecular formula is C17H25N5O3. The lowest BCUT2D eigenvalue weighted by Crippen LogP contribution is -2.45. The molecule has 0 bridgehead atoms. The van der Waals surface area contributed by atoms with Crippen LogP contribution in [0.15, 0.2) is 29.3 Å². The molecule has 1 aromatic carbocycles. The highest BCUT2D eigenvalue weighted by molar-refractivity contribution is 5.80. The third-order valence-corrected chi connectivity index (χ3v) is 4.10. The predicted octanol–water partition coefficient (Wildman–Crippen LogP) is 1.66. The molecule has 0 saturated carbocycles. The van der Waals surface area contributed by atoms with E-state index in [1.807, 2.05) is 18.7 Å². The van der Waals surface area contributed by atoms with Gasteiger partial charge >= 0.3 is 0 Å². The van der Waals surface area contributed by atoms with Crippen LogP contribution in [0.3, 0.4) is 0 Å². The molecule has 1 aromatic rings. The summed E-state index contributed by atoms with van der Waals surface area (Å²) in [6, 6.07) is 6.57.